The lowest BCUT2D eigenvalue weighted by atomic mass is 10.5. The molecule has 0 heterocycles. The Kier molecular flexibility index (Phi) is 8.13. The van der Waals surface area contributed by atoms with E-state index in [2.05, 4.69) is 16.6 Å². The number of hydrogen-bond donors (Lipinski definition) is 1. The summed E-state index contributed by atoms with van der Waals surface area (Å²) in [4.78, 5) is 21.5. The normalized spacial score (nSPS) is 9.13. The molecule has 5 heteroatoms. The van der Waals surface area contributed by atoms with Gasteiger partial charge < -0.3 is 14.8 Å². The fourth-order valence-corrected chi connectivity index (χ4v) is 0.734. The number of hydrogen-bond acceptors (Lipinski definition) is 4. The van der Waals surface area contributed by atoms with Crippen molar-refractivity contribution >= 4 is 12.1 Å². The summed E-state index contributed by atoms with van der Waals surface area (Å²) >= 11 is 0. The minimum absolute atomic E-state index is 0.228. The van der Waals surface area contributed by atoms with Crippen LogP contribution in [0.5, 0.6) is 0 Å². The third-order valence-corrected chi connectivity index (χ3v) is 1.45. The van der Waals surface area contributed by atoms with Gasteiger partial charge in [0.1, 0.15) is 0 Å². The minimum Gasteiger partial charge on any atom is -0.462 e. The van der Waals surface area contributed by atoms with Gasteiger partial charge in [0.15, 0.2) is 0 Å². The van der Waals surface area contributed by atoms with E-state index in [0.717, 1.165) is 12.5 Å². The van der Waals surface area contributed by atoms with E-state index in [1.807, 2.05) is 6.92 Å². The maximum atomic E-state index is 10.9. The molecule has 1 amide bonds. The summed E-state index contributed by atoms with van der Waals surface area (Å²) in [6, 6.07) is 0. The van der Waals surface area contributed by atoms with Crippen molar-refractivity contribution in [3.05, 3.63) is 12.7 Å². The SMILES string of the molecule is C=CC(=O)OCCCOC(=O)NCCC. The smallest absolute Gasteiger partial charge is 0.407 e. The lowest BCUT2D eigenvalue weighted by molar-refractivity contribution is -0.137. The molecule has 86 valence electrons. The zero-order valence-electron chi connectivity index (χ0n) is 8.95. The molecule has 0 aromatic carbocycles. The second kappa shape index (κ2) is 9.05. The lowest BCUT2D eigenvalue weighted by Crippen LogP contribution is -2.25. The van der Waals surface area contributed by atoms with Crippen LogP contribution in [0.15, 0.2) is 12.7 Å². The van der Waals surface area contributed by atoms with E-state index in [0.29, 0.717) is 13.0 Å². The van der Waals surface area contributed by atoms with Crippen molar-refractivity contribution in [2.45, 2.75) is 19.8 Å². The van der Waals surface area contributed by atoms with Crippen LogP contribution in [0.2, 0.25) is 0 Å². The van der Waals surface area contributed by atoms with Crippen molar-refractivity contribution in [1.82, 2.24) is 5.32 Å². The molecule has 0 atom stereocenters. The molecule has 1 N–H and O–H groups in total. The summed E-state index contributed by atoms with van der Waals surface area (Å²) in [5.74, 6) is -0.467. The summed E-state index contributed by atoms with van der Waals surface area (Å²) in [5, 5.41) is 2.56. The average molecular weight is 215 g/mol. The van der Waals surface area contributed by atoms with Crippen molar-refractivity contribution in [3.8, 4) is 0 Å². The molecule has 0 aliphatic rings. The molecule has 0 fully saturated rings. The molecule has 0 spiro atoms. The highest BCUT2D eigenvalue weighted by Crippen LogP contribution is 1.88. The number of rotatable bonds is 7. The molecule has 0 aliphatic carbocycles. The third-order valence-electron chi connectivity index (χ3n) is 1.45. The molecule has 0 radical (unpaired) electrons. The van der Waals surface area contributed by atoms with Crippen LogP contribution >= 0.6 is 0 Å². The van der Waals surface area contributed by atoms with Crippen molar-refractivity contribution in [2.75, 3.05) is 19.8 Å². The van der Waals surface area contributed by atoms with Gasteiger partial charge in [0, 0.05) is 19.0 Å². The topological polar surface area (TPSA) is 64.6 Å². The maximum Gasteiger partial charge on any atom is 0.407 e. The van der Waals surface area contributed by atoms with Gasteiger partial charge in [0.25, 0.3) is 0 Å². The van der Waals surface area contributed by atoms with Crippen molar-refractivity contribution in [1.29, 1.82) is 0 Å². The highest BCUT2D eigenvalue weighted by atomic mass is 16.6. The second-order valence-electron chi connectivity index (χ2n) is 2.79. The Morgan fingerprint density at radius 2 is 2.00 bits per heavy atom. The van der Waals surface area contributed by atoms with Crippen LogP contribution in [0, 0.1) is 0 Å². The first kappa shape index (κ1) is 13.5. The molecule has 0 bridgehead atoms. The number of nitrogens with one attached hydrogen (secondary N) is 1. The number of ether oxygens (including phenoxy) is 2. The van der Waals surface area contributed by atoms with E-state index in [1.165, 1.54) is 0 Å². The van der Waals surface area contributed by atoms with Crippen LogP contribution in [0.25, 0.3) is 0 Å². The quantitative estimate of drug-likeness (QED) is 0.394. The van der Waals surface area contributed by atoms with Gasteiger partial charge in [0.05, 0.1) is 13.2 Å². The number of alkyl carbamates (subject to hydrolysis) is 1. The highest BCUT2D eigenvalue weighted by molar-refractivity contribution is 5.81. The third kappa shape index (κ3) is 8.80. The Bertz CT molecular complexity index is 215. The molecule has 0 unspecified atom stereocenters. The van der Waals surface area contributed by atoms with Gasteiger partial charge in [-0.2, -0.15) is 0 Å². The van der Waals surface area contributed by atoms with E-state index in [-0.39, 0.29) is 13.2 Å². The zero-order valence-corrected chi connectivity index (χ0v) is 8.95. The van der Waals surface area contributed by atoms with Crippen LogP contribution in [0.1, 0.15) is 19.8 Å². The predicted molar refractivity (Wildman–Crippen MR) is 55.4 cm³/mol. The van der Waals surface area contributed by atoms with Crippen LogP contribution in [0.4, 0.5) is 4.79 Å². The van der Waals surface area contributed by atoms with E-state index in [9.17, 15) is 9.59 Å². The van der Waals surface area contributed by atoms with E-state index < -0.39 is 12.1 Å². The van der Waals surface area contributed by atoms with Gasteiger partial charge in [0.2, 0.25) is 0 Å². The number of amides is 1. The number of carbonyl (C=O) groups excluding carboxylic acids is 2. The Morgan fingerprint density at radius 1 is 1.33 bits per heavy atom. The Morgan fingerprint density at radius 3 is 2.60 bits per heavy atom. The highest BCUT2D eigenvalue weighted by Gasteiger charge is 2.00. The fourth-order valence-electron chi connectivity index (χ4n) is 0.734. The summed E-state index contributed by atoms with van der Waals surface area (Å²) in [5.41, 5.74) is 0. The standard InChI is InChI=1S/C10H17NO4/c1-3-6-11-10(13)15-8-5-7-14-9(12)4-2/h4H,2-3,5-8H2,1H3,(H,11,13). The minimum atomic E-state index is -0.467. The molecule has 0 saturated heterocycles. The molecule has 15 heavy (non-hydrogen) atoms. The summed E-state index contributed by atoms with van der Waals surface area (Å²) in [7, 11) is 0. The van der Waals surface area contributed by atoms with Gasteiger partial charge in [-0.05, 0) is 6.42 Å². The van der Waals surface area contributed by atoms with Crippen LogP contribution in [-0.4, -0.2) is 31.8 Å². The van der Waals surface area contributed by atoms with E-state index in [4.69, 9.17) is 4.74 Å². The lowest BCUT2D eigenvalue weighted by Gasteiger charge is -2.05. The summed E-state index contributed by atoms with van der Waals surface area (Å²) < 4.78 is 9.48. The molecule has 0 aliphatic heterocycles. The Balaban J connectivity index is 3.27. The van der Waals surface area contributed by atoms with Crippen molar-refractivity contribution < 1.29 is 19.1 Å². The summed E-state index contributed by atoms with van der Waals surface area (Å²) in [6.07, 6.45) is 2.01. The van der Waals surface area contributed by atoms with Crippen LogP contribution in [-0.2, 0) is 14.3 Å². The van der Waals surface area contributed by atoms with Crippen molar-refractivity contribution in [2.24, 2.45) is 0 Å². The molecular weight excluding hydrogens is 198 g/mol. The number of carbonyl (C=O) groups is 2. The molecular formula is C10H17NO4. The first-order chi connectivity index (χ1) is 7.20. The second-order valence-corrected chi connectivity index (χ2v) is 2.79. The van der Waals surface area contributed by atoms with Gasteiger partial charge >= 0.3 is 12.1 Å². The van der Waals surface area contributed by atoms with Crippen LogP contribution < -0.4 is 5.32 Å². The monoisotopic (exact) mass is 215 g/mol. The summed E-state index contributed by atoms with van der Waals surface area (Å²) in [6.45, 7) is 6.27. The zero-order chi connectivity index (χ0) is 11.5. The van der Waals surface area contributed by atoms with Gasteiger partial charge in [-0.15, -0.1) is 0 Å². The number of esters is 1. The van der Waals surface area contributed by atoms with E-state index in [1.54, 1.807) is 0 Å². The largest absolute Gasteiger partial charge is 0.462 e. The Labute approximate surface area is 89.4 Å². The Hall–Kier alpha value is -1.52. The van der Waals surface area contributed by atoms with Gasteiger partial charge in [-0.25, -0.2) is 9.59 Å². The first-order valence-electron chi connectivity index (χ1n) is 4.90. The van der Waals surface area contributed by atoms with Gasteiger partial charge in [-0.1, -0.05) is 13.5 Å². The first-order valence-corrected chi connectivity index (χ1v) is 4.90. The molecule has 0 saturated carbocycles. The molecule has 5 nitrogen and oxygen atoms in total. The molecule has 0 rings (SSSR count). The predicted octanol–water partition coefficient (Wildman–Crippen LogP) is 1.24. The van der Waals surface area contributed by atoms with Crippen LogP contribution in [0.3, 0.4) is 0 Å². The molecule has 0 aromatic heterocycles. The average Bonchev–Trinajstić information content (AvgIpc) is 2.25. The molecule has 0 aromatic rings. The van der Waals surface area contributed by atoms with Crippen molar-refractivity contribution in [3.63, 3.8) is 0 Å². The van der Waals surface area contributed by atoms with Gasteiger partial charge in [-0.3, -0.25) is 0 Å². The van der Waals surface area contributed by atoms with E-state index >= 15 is 0 Å². The maximum absolute atomic E-state index is 10.9. The fraction of sp³-hybridized carbons (Fsp3) is 0.600.